The van der Waals surface area contributed by atoms with Gasteiger partial charge in [-0.15, -0.1) is 0 Å². The van der Waals surface area contributed by atoms with Crippen LogP contribution in [0.3, 0.4) is 0 Å². The van der Waals surface area contributed by atoms with Crippen LogP contribution >= 0.6 is 0 Å². The minimum atomic E-state index is -0.292. The summed E-state index contributed by atoms with van der Waals surface area (Å²) >= 11 is 0. The molecule has 1 aromatic carbocycles. The van der Waals surface area contributed by atoms with E-state index in [2.05, 4.69) is 15.2 Å². The molecule has 1 aliphatic heterocycles. The Hall–Kier alpha value is -2.15. The van der Waals surface area contributed by atoms with Crippen molar-refractivity contribution in [3.05, 3.63) is 30.1 Å². The van der Waals surface area contributed by atoms with E-state index in [4.69, 9.17) is 5.73 Å². The number of nitrogens with zero attached hydrogens (tertiary/aromatic N) is 3. The Bertz CT molecular complexity index is 509. The van der Waals surface area contributed by atoms with Crippen molar-refractivity contribution in [2.45, 2.75) is 6.92 Å². The molecule has 3 N–H and O–H groups in total. The average Bonchev–Trinajstić information content (AvgIpc) is 2.48. The number of nitrogens with two attached hydrogens (primary N) is 1. The van der Waals surface area contributed by atoms with Crippen LogP contribution in [0.2, 0.25) is 0 Å². The summed E-state index contributed by atoms with van der Waals surface area (Å²) in [6.07, 6.45) is 0. The number of anilines is 1. The summed E-state index contributed by atoms with van der Waals surface area (Å²) in [7, 11) is 0. The number of halogens is 1. The van der Waals surface area contributed by atoms with Crippen molar-refractivity contribution >= 4 is 17.6 Å². The van der Waals surface area contributed by atoms with Gasteiger partial charge in [-0.1, -0.05) is 0 Å². The Kier molecular flexibility index (Phi) is 5.10. The van der Waals surface area contributed by atoms with E-state index < -0.39 is 0 Å². The van der Waals surface area contributed by atoms with Crippen LogP contribution in [-0.2, 0) is 4.79 Å². The van der Waals surface area contributed by atoms with Gasteiger partial charge < -0.3 is 16.0 Å². The van der Waals surface area contributed by atoms with Crippen molar-refractivity contribution in [3.63, 3.8) is 0 Å². The number of rotatable bonds is 3. The summed E-state index contributed by atoms with van der Waals surface area (Å²) in [5, 5.41) is 2.91. The predicted octanol–water partition coefficient (Wildman–Crippen LogP) is 0.674. The van der Waals surface area contributed by atoms with Crippen molar-refractivity contribution in [1.29, 1.82) is 0 Å². The number of carbonyl (C=O) groups excluding carboxylic acids is 1. The first-order valence-electron chi connectivity index (χ1n) is 6.85. The lowest BCUT2D eigenvalue weighted by Gasteiger charge is -2.33. The highest BCUT2D eigenvalue weighted by Gasteiger charge is 2.17. The Morgan fingerprint density at radius 2 is 1.90 bits per heavy atom. The van der Waals surface area contributed by atoms with Crippen molar-refractivity contribution in [2.75, 3.05) is 38.2 Å². The maximum absolute atomic E-state index is 12.8. The van der Waals surface area contributed by atoms with E-state index in [1.165, 1.54) is 12.1 Å². The standard InChI is InChI=1S/C14H20FN5O/c1-11(21)20-8-6-19(7-9-20)10-17-14(16)18-13-4-2-12(15)3-5-13/h2-5H,6-10H2,1H3,(H3,16,17,18). The molecule has 6 nitrogen and oxygen atoms in total. The Balaban J connectivity index is 1.78. The monoisotopic (exact) mass is 293 g/mol. The van der Waals surface area contributed by atoms with E-state index >= 15 is 0 Å². The molecule has 1 aliphatic rings. The number of benzene rings is 1. The fourth-order valence-corrected chi connectivity index (χ4v) is 2.10. The molecule has 21 heavy (non-hydrogen) atoms. The van der Waals surface area contributed by atoms with Crippen molar-refractivity contribution in [1.82, 2.24) is 9.80 Å². The van der Waals surface area contributed by atoms with Gasteiger partial charge >= 0.3 is 0 Å². The average molecular weight is 293 g/mol. The molecule has 0 unspecified atom stereocenters. The van der Waals surface area contributed by atoms with Crippen LogP contribution in [-0.4, -0.2) is 54.5 Å². The second-order valence-corrected chi connectivity index (χ2v) is 4.94. The molecule has 0 bridgehead atoms. The van der Waals surface area contributed by atoms with Gasteiger partial charge in [0.1, 0.15) is 5.82 Å². The van der Waals surface area contributed by atoms with E-state index in [0.717, 1.165) is 26.2 Å². The minimum absolute atomic E-state index is 0.107. The van der Waals surface area contributed by atoms with Crippen LogP contribution in [0.4, 0.5) is 10.1 Å². The smallest absolute Gasteiger partial charge is 0.219 e. The number of carbonyl (C=O) groups is 1. The summed E-state index contributed by atoms with van der Waals surface area (Å²) in [6.45, 7) is 5.07. The van der Waals surface area contributed by atoms with Gasteiger partial charge in [0.15, 0.2) is 5.96 Å². The zero-order valence-corrected chi connectivity index (χ0v) is 12.1. The number of aliphatic imine (C=N–C) groups is 1. The zero-order chi connectivity index (χ0) is 15.2. The Morgan fingerprint density at radius 3 is 2.48 bits per heavy atom. The van der Waals surface area contributed by atoms with Crippen molar-refractivity contribution < 1.29 is 9.18 Å². The summed E-state index contributed by atoms with van der Waals surface area (Å²) < 4.78 is 12.8. The third-order valence-electron chi connectivity index (χ3n) is 3.38. The van der Waals surface area contributed by atoms with Crippen molar-refractivity contribution in [3.8, 4) is 0 Å². The topological polar surface area (TPSA) is 74.0 Å². The Morgan fingerprint density at radius 1 is 1.29 bits per heavy atom. The number of hydrogen-bond donors (Lipinski definition) is 2. The lowest BCUT2D eigenvalue weighted by molar-refractivity contribution is -0.130. The third kappa shape index (κ3) is 4.71. The molecule has 1 heterocycles. The van der Waals surface area contributed by atoms with Gasteiger partial charge in [0, 0.05) is 38.8 Å². The maximum Gasteiger partial charge on any atom is 0.219 e. The summed E-state index contributed by atoms with van der Waals surface area (Å²) in [5.74, 6) is 0.102. The number of piperazine rings is 1. The molecule has 0 aliphatic carbocycles. The maximum atomic E-state index is 12.8. The molecular weight excluding hydrogens is 273 g/mol. The molecule has 7 heteroatoms. The fourth-order valence-electron chi connectivity index (χ4n) is 2.10. The molecule has 0 aromatic heterocycles. The van der Waals surface area contributed by atoms with E-state index in [1.54, 1.807) is 19.1 Å². The fraction of sp³-hybridized carbons (Fsp3) is 0.429. The van der Waals surface area contributed by atoms with Crippen LogP contribution in [0.25, 0.3) is 0 Å². The second kappa shape index (κ2) is 7.03. The van der Waals surface area contributed by atoms with Gasteiger partial charge in [0.05, 0.1) is 6.67 Å². The normalized spacial score (nSPS) is 16.9. The van der Waals surface area contributed by atoms with E-state index in [-0.39, 0.29) is 17.7 Å². The van der Waals surface area contributed by atoms with Crippen LogP contribution in [0.5, 0.6) is 0 Å². The van der Waals surface area contributed by atoms with Gasteiger partial charge in [-0.25, -0.2) is 9.38 Å². The van der Waals surface area contributed by atoms with Gasteiger partial charge in [0.25, 0.3) is 0 Å². The van der Waals surface area contributed by atoms with Crippen LogP contribution in [0.15, 0.2) is 29.3 Å². The second-order valence-electron chi connectivity index (χ2n) is 4.94. The molecule has 0 spiro atoms. The molecular formula is C14H20FN5O. The molecule has 2 rings (SSSR count). The summed E-state index contributed by atoms with van der Waals surface area (Å²) in [4.78, 5) is 19.4. The minimum Gasteiger partial charge on any atom is -0.370 e. The summed E-state index contributed by atoms with van der Waals surface area (Å²) in [5.41, 5.74) is 6.48. The lowest BCUT2D eigenvalue weighted by atomic mass is 10.3. The first kappa shape index (κ1) is 15.2. The number of nitrogens with one attached hydrogen (secondary N) is 1. The van der Waals surface area contributed by atoms with Crippen LogP contribution in [0, 0.1) is 5.82 Å². The molecule has 1 saturated heterocycles. The SMILES string of the molecule is CC(=O)N1CCN(CN=C(N)Nc2ccc(F)cc2)CC1. The van der Waals surface area contributed by atoms with Crippen molar-refractivity contribution in [2.24, 2.45) is 10.7 Å². The summed E-state index contributed by atoms with van der Waals surface area (Å²) in [6, 6.07) is 5.92. The largest absolute Gasteiger partial charge is 0.370 e. The van der Waals surface area contributed by atoms with E-state index in [9.17, 15) is 9.18 Å². The first-order valence-corrected chi connectivity index (χ1v) is 6.85. The number of amides is 1. The highest BCUT2D eigenvalue weighted by atomic mass is 19.1. The van der Waals surface area contributed by atoms with Crippen LogP contribution in [0.1, 0.15) is 6.92 Å². The predicted molar refractivity (Wildman–Crippen MR) is 80.3 cm³/mol. The molecule has 1 amide bonds. The van der Waals surface area contributed by atoms with Gasteiger partial charge in [-0.2, -0.15) is 0 Å². The molecule has 0 radical (unpaired) electrons. The molecule has 0 atom stereocenters. The highest BCUT2D eigenvalue weighted by molar-refractivity contribution is 5.92. The quantitative estimate of drug-likeness (QED) is 0.635. The molecule has 114 valence electrons. The third-order valence-corrected chi connectivity index (χ3v) is 3.38. The zero-order valence-electron chi connectivity index (χ0n) is 12.1. The molecule has 1 aromatic rings. The molecule has 1 fully saturated rings. The number of hydrogen-bond acceptors (Lipinski definition) is 3. The lowest BCUT2D eigenvalue weighted by Crippen LogP contribution is -2.48. The van der Waals surface area contributed by atoms with Crippen LogP contribution < -0.4 is 11.1 Å². The van der Waals surface area contributed by atoms with Gasteiger partial charge in [-0.05, 0) is 24.3 Å². The van der Waals surface area contributed by atoms with Gasteiger partial charge in [-0.3, -0.25) is 9.69 Å². The Labute approximate surface area is 123 Å². The van der Waals surface area contributed by atoms with E-state index in [0.29, 0.717) is 12.4 Å². The highest BCUT2D eigenvalue weighted by Crippen LogP contribution is 2.07. The molecule has 0 saturated carbocycles. The van der Waals surface area contributed by atoms with Gasteiger partial charge in [0.2, 0.25) is 5.91 Å². The van der Waals surface area contributed by atoms with E-state index in [1.807, 2.05) is 4.90 Å². The first-order chi connectivity index (χ1) is 10.0. The number of guanidine groups is 1.